The van der Waals surface area contributed by atoms with E-state index < -0.39 is 0 Å². The van der Waals surface area contributed by atoms with Gasteiger partial charge in [-0.15, -0.1) is 0 Å². The molecule has 4 heteroatoms. The van der Waals surface area contributed by atoms with Crippen molar-refractivity contribution >= 4 is 0 Å². The maximum absolute atomic E-state index is 8.59. The van der Waals surface area contributed by atoms with E-state index >= 15 is 0 Å². The Bertz CT molecular complexity index is 364. The summed E-state index contributed by atoms with van der Waals surface area (Å²) in [5.74, 6) is 1.48. The number of hydrogen-bond acceptors (Lipinski definition) is 4. The summed E-state index contributed by atoms with van der Waals surface area (Å²) in [6, 6.07) is 0. The van der Waals surface area contributed by atoms with Gasteiger partial charge >= 0.3 is 0 Å². The van der Waals surface area contributed by atoms with Crippen LogP contribution in [0.25, 0.3) is 0 Å². The van der Waals surface area contributed by atoms with Gasteiger partial charge in [0.25, 0.3) is 12.5 Å². The average Bonchev–Trinajstić information content (AvgIpc) is 2.51. The molecular formula is C18H30N2O2. The number of rotatable bonds is 4. The Morgan fingerprint density at radius 3 is 2.00 bits per heavy atom. The molecule has 2 aliphatic carbocycles. The Balaban J connectivity index is 0.000000745. The van der Waals surface area contributed by atoms with Gasteiger partial charge in [-0.3, -0.25) is 0 Å². The normalized spacial score (nSPS) is 30.9. The molecule has 2 atom stereocenters. The first-order valence-corrected chi connectivity index (χ1v) is 8.82. The number of nitriles is 2. The molecule has 0 radical (unpaired) electrons. The van der Waals surface area contributed by atoms with Crippen LogP contribution in [0.2, 0.25) is 0 Å². The lowest BCUT2D eigenvalue weighted by Gasteiger charge is -2.33. The molecular weight excluding hydrogens is 276 g/mol. The average molecular weight is 306 g/mol. The van der Waals surface area contributed by atoms with Crippen LogP contribution < -0.4 is 0 Å². The molecule has 0 aromatic rings. The zero-order chi connectivity index (χ0) is 16.2. The van der Waals surface area contributed by atoms with Crippen LogP contribution in [0.1, 0.15) is 78.1 Å². The van der Waals surface area contributed by atoms with E-state index in [1.54, 1.807) is 6.26 Å². The molecule has 0 N–H and O–H groups in total. The number of ether oxygens (including phenoxy) is 2. The molecule has 0 aromatic carbocycles. The molecule has 0 amide bonds. The third-order valence-corrected chi connectivity index (χ3v) is 4.63. The monoisotopic (exact) mass is 306 g/mol. The third kappa shape index (κ3) is 7.03. The molecule has 0 saturated heterocycles. The Labute approximate surface area is 135 Å². The minimum absolute atomic E-state index is 0.155. The van der Waals surface area contributed by atoms with Crippen molar-refractivity contribution in [3.63, 3.8) is 0 Å². The van der Waals surface area contributed by atoms with Gasteiger partial charge in [-0.2, -0.15) is 10.5 Å². The highest BCUT2D eigenvalue weighted by Gasteiger charge is 2.28. The first kappa shape index (κ1) is 18.6. The van der Waals surface area contributed by atoms with Gasteiger partial charge in [0.15, 0.2) is 0 Å². The fourth-order valence-corrected chi connectivity index (χ4v) is 3.67. The van der Waals surface area contributed by atoms with Crippen molar-refractivity contribution in [2.24, 2.45) is 11.8 Å². The minimum Gasteiger partial charge on any atom is -0.424 e. The number of hydrogen-bond donors (Lipinski definition) is 0. The first-order chi connectivity index (χ1) is 10.7. The second-order valence-corrected chi connectivity index (χ2v) is 6.66. The Hall–Kier alpha value is -1.42. The number of nitrogens with zero attached hydrogens (tertiary/aromatic N) is 2. The van der Waals surface area contributed by atoms with Crippen LogP contribution in [0.5, 0.6) is 0 Å². The lowest BCUT2D eigenvalue weighted by molar-refractivity contribution is 0.0674. The Morgan fingerprint density at radius 2 is 1.41 bits per heavy atom. The van der Waals surface area contributed by atoms with Gasteiger partial charge in [-0.05, 0) is 63.2 Å². The smallest absolute Gasteiger partial charge is 0.286 e. The molecule has 2 rings (SSSR count). The van der Waals surface area contributed by atoms with E-state index in [0.717, 1.165) is 31.6 Å². The molecule has 2 aliphatic rings. The van der Waals surface area contributed by atoms with Crippen LogP contribution in [0.15, 0.2) is 0 Å². The summed E-state index contributed by atoms with van der Waals surface area (Å²) in [6.07, 6.45) is 15.4. The van der Waals surface area contributed by atoms with Crippen molar-refractivity contribution in [1.82, 2.24) is 0 Å². The predicted molar refractivity (Wildman–Crippen MR) is 85.5 cm³/mol. The van der Waals surface area contributed by atoms with Gasteiger partial charge in [0.05, 0.1) is 0 Å². The minimum atomic E-state index is 0.155. The van der Waals surface area contributed by atoms with Gasteiger partial charge < -0.3 is 9.47 Å². The van der Waals surface area contributed by atoms with E-state index in [-0.39, 0.29) is 12.2 Å². The third-order valence-electron chi connectivity index (χ3n) is 4.63. The van der Waals surface area contributed by atoms with Crippen LogP contribution in [-0.2, 0) is 9.47 Å². The van der Waals surface area contributed by atoms with E-state index in [4.69, 9.17) is 20.0 Å². The Morgan fingerprint density at radius 1 is 0.818 bits per heavy atom. The van der Waals surface area contributed by atoms with Crippen LogP contribution in [-0.4, -0.2) is 12.2 Å². The van der Waals surface area contributed by atoms with Crippen LogP contribution in [0.3, 0.4) is 0 Å². The molecule has 0 aromatic heterocycles. The fraction of sp³-hybridized carbons (Fsp3) is 0.889. The van der Waals surface area contributed by atoms with Crippen LogP contribution in [0, 0.1) is 34.9 Å². The second-order valence-electron chi connectivity index (χ2n) is 6.66. The highest BCUT2D eigenvalue weighted by atomic mass is 16.5. The lowest BCUT2D eigenvalue weighted by atomic mass is 9.76. The summed E-state index contributed by atoms with van der Waals surface area (Å²) in [5.41, 5.74) is 0. The van der Waals surface area contributed by atoms with Crippen molar-refractivity contribution in [3.05, 3.63) is 0 Å². The van der Waals surface area contributed by atoms with Gasteiger partial charge in [0.1, 0.15) is 12.2 Å². The SMILES string of the molecule is CCC.N#COC1CCC(CC2CCCC(OC#N)C2)CC1. The van der Waals surface area contributed by atoms with Crippen molar-refractivity contribution in [1.29, 1.82) is 10.5 Å². The summed E-state index contributed by atoms with van der Waals surface area (Å²) in [4.78, 5) is 0. The summed E-state index contributed by atoms with van der Waals surface area (Å²) >= 11 is 0. The van der Waals surface area contributed by atoms with Crippen molar-refractivity contribution in [2.45, 2.75) is 90.3 Å². The van der Waals surface area contributed by atoms with Gasteiger partial charge in [0.2, 0.25) is 0 Å². The fourth-order valence-electron chi connectivity index (χ4n) is 3.67. The van der Waals surface area contributed by atoms with Crippen molar-refractivity contribution in [2.75, 3.05) is 0 Å². The van der Waals surface area contributed by atoms with E-state index in [0.29, 0.717) is 5.92 Å². The highest BCUT2D eigenvalue weighted by molar-refractivity contribution is 4.81. The van der Waals surface area contributed by atoms with Gasteiger partial charge in [0, 0.05) is 0 Å². The molecule has 0 bridgehead atoms. The summed E-state index contributed by atoms with van der Waals surface area (Å²) < 4.78 is 10.1. The molecule has 2 fully saturated rings. The molecule has 0 heterocycles. The Kier molecular flexibility index (Phi) is 9.47. The predicted octanol–water partition coefficient (Wildman–Crippen LogP) is 4.91. The molecule has 2 saturated carbocycles. The molecule has 4 nitrogen and oxygen atoms in total. The zero-order valence-corrected chi connectivity index (χ0v) is 14.1. The highest BCUT2D eigenvalue weighted by Crippen LogP contribution is 2.36. The van der Waals surface area contributed by atoms with E-state index in [1.165, 1.54) is 38.5 Å². The zero-order valence-electron chi connectivity index (χ0n) is 14.1. The summed E-state index contributed by atoms with van der Waals surface area (Å²) in [7, 11) is 0. The largest absolute Gasteiger partial charge is 0.424 e. The maximum atomic E-state index is 8.59. The van der Waals surface area contributed by atoms with Crippen molar-refractivity contribution in [3.8, 4) is 12.5 Å². The van der Waals surface area contributed by atoms with Crippen LogP contribution >= 0.6 is 0 Å². The molecule has 0 aliphatic heterocycles. The molecule has 0 spiro atoms. The lowest BCUT2D eigenvalue weighted by Crippen LogP contribution is -2.26. The summed E-state index contributed by atoms with van der Waals surface area (Å²) in [5, 5.41) is 17.1. The molecule has 124 valence electrons. The molecule has 22 heavy (non-hydrogen) atoms. The van der Waals surface area contributed by atoms with Crippen LogP contribution in [0.4, 0.5) is 0 Å². The van der Waals surface area contributed by atoms with E-state index in [2.05, 4.69) is 13.8 Å². The van der Waals surface area contributed by atoms with Crippen molar-refractivity contribution < 1.29 is 9.47 Å². The molecule has 2 unspecified atom stereocenters. The van der Waals surface area contributed by atoms with Gasteiger partial charge in [-0.25, -0.2) is 0 Å². The maximum Gasteiger partial charge on any atom is 0.286 e. The topological polar surface area (TPSA) is 66.0 Å². The summed E-state index contributed by atoms with van der Waals surface area (Å²) in [6.45, 7) is 4.25. The van der Waals surface area contributed by atoms with Gasteiger partial charge in [-0.1, -0.05) is 26.7 Å². The quantitative estimate of drug-likeness (QED) is 0.692. The standard InChI is InChI=1S/C15H22N2O2.C3H8/c16-10-18-14-6-4-12(5-7-14)8-13-2-1-3-15(9-13)19-11-17;1-3-2/h12-15H,1-9H2;3H2,1-2H3. The van der Waals surface area contributed by atoms with E-state index in [9.17, 15) is 0 Å². The first-order valence-electron chi connectivity index (χ1n) is 8.82. The second kappa shape index (κ2) is 11.2. The van der Waals surface area contributed by atoms with E-state index in [1.807, 2.05) is 6.26 Å².